The van der Waals surface area contributed by atoms with E-state index < -0.39 is 5.95 Å². The average molecular weight is 243 g/mol. The zero-order valence-electron chi connectivity index (χ0n) is 9.96. The van der Waals surface area contributed by atoms with Gasteiger partial charge in [0.1, 0.15) is 12.1 Å². The third-order valence-electron chi connectivity index (χ3n) is 2.95. The van der Waals surface area contributed by atoms with Crippen molar-refractivity contribution in [3.63, 3.8) is 0 Å². The van der Waals surface area contributed by atoms with Gasteiger partial charge in [0.25, 0.3) is 0 Å². The van der Waals surface area contributed by atoms with Gasteiger partial charge >= 0.3 is 0 Å². The van der Waals surface area contributed by atoms with E-state index in [1.165, 1.54) is 12.4 Å². The molecule has 16 heavy (non-hydrogen) atoms. The van der Waals surface area contributed by atoms with Crippen LogP contribution in [-0.2, 0) is 0 Å². The topological polar surface area (TPSA) is 37.8 Å². The van der Waals surface area contributed by atoms with Gasteiger partial charge in [-0.15, -0.1) is 0 Å². The van der Waals surface area contributed by atoms with Crippen molar-refractivity contribution in [1.82, 2.24) is 9.97 Å². The maximum Gasteiger partial charge on any atom is 0.217 e. The van der Waals surface area contributed by atoms with Crippen LogP contribution in [0.2, 0.25) is 0 Å². The first-order valence-corrected chi connectivity index (χ1v) is 6.65. The Kier molecular flexibility index (Phi) is 4.99. The molecule has 1 aromatic heterocycles. The maximum atomic E-state index is 12.8. The Hall–Kier alpha value is -0.840. The first kappa shape index (κ1) is 13.2. The zero-order chi connectivity index (χ0) is 12.0. The first-order valence-electron chi connectivity index (χ1n) is 5.42. The second kappa shape index (κ2) is 6.03. The number of nitrogens with zero attached hydrogens (tertiary/aromatic N) is 2. The Labute approximate surface area is 100 Å². The molecule has 1 aromatic rings. The fraction of sp³-hybridized carbons (Fsp3) is 0.636. The van der Waals surface area contributed by atoms with Crippen molar-refractivity contribution in [2.24, 2.45) is 0 Å². The first-order chi connectivity index (χ1) is 7.65. The lowest BCUT2D eigenvalue weighted by Crippen LogP contribution is -2.32. The van der Waals surface area contributed by atoms with E-state index in [9.17, 15) is 4.39 Å². The summed E-state index contributed by atoms with van der Waals surface area (Å²) in [4.78, 5) is 7.40. The number of thioether (sulfide) groups is 1. The summed E-state index contributed by atoms with van der Waals surface area (Å²) in [5, 5.41) is 3.17. The van der Waals surface area contributed by atoms with Crippen LogP contribution in [0.25, 0.3) is 0 Å². The molecule has 0 amide bonds. The average Bonchev–Trinajstić information content (AvgIpc) is 2.32. The summed E-state index contributed by atoms with van der Waals surface area (Å²) < 4.78 is 13.0. The molecule has 0 bridgehead atoms. The monoisotopic (exact) mass is 243 g/mol. The van der Waals surface area contributed by atoms with Gasteiger partial charge < -0.3 is 5.32 Å². The van der Waals surface area contributed by atoms with E-state index in [1.54, 1.807) is 0 Å². The molecule has 0 saturated heterocycles. The van der Waals surface area contributed by atoms with Crippen LogP contribution in [0.15, 0.2) is 12.4 Å². The Morgan fingerprint density at radius 2 is 2.06 bits per heavy atom. The van der Waals surface area contributed by atoms with Crippen LogP contribution in [-0.4, -0.2) is 27.5 Å². The minimum atomic E-state index is -0.500. The molecule has 0 aliphatic heterocycles. The van der Waals surface area contributed by atoms with Gasteiger partial charge in [-0.25, -0.2) is 9.97 Å². The van der Waals surface area contributed by atoms with Crippen LogP contribution in [0, 0.1) is 5.95 Å². The molecule has 0 radical (unpaired) electrons. The van der Waals surface area contributed by atoms with Crippen LogP contribution in [0.4, 0.5) is 10.2 Å². The van der Waals surface area contributed by atoms with Crippen molar-refractivity contribution in [1.29, 1.82) is 0 Å². The van der Waals surface area contributed by atoms with Gasteiger partial charge in [-0.3, -0.25) is 0 Å². The van der Waals surface area contributed by atoms with Crippen molar-refractivity contribution in [3.05, 3.63) is 18.3 Å². The van der Waals surface area contributed by atoms with E-state index in [-0.39, 0.29) is 4.75 Å². The van der Waals surface area contributed by atoms with E-state index >= 15 is 0 Å². The molecule has 0 aliphatic carbocycles. The summed E-state index contributed by atoms with van der Waals surface area (Å²) >= 11 is 1.84. The van der Waals surface area contributed by atoms with Crippen molar-refractivity contribution in [3.8, 4) is 0 Å². The highest BCUT2D eigenvalue weighted by Crippen LogP contribution is 2.30. The maximum absolute atomic E-state index is 12.8. The highest BCUT2D eigenvalue weighted by atomic mass is 32.2. The number of halogens is 1. The van der Waals surface area contributed by atoms with Gasteiger partial charge in [0.2, 0.25) is 5.95 Å². The van der Waals surface area contributed by atoms with Crippen molar-refractivity contribution < 1.29 is 4.39 Å². The molecule has 5 heteroatoms. The van der Waals surface area contributed by atoms with Crippen molar-refractivity contribution in [2.75, 3.05) is 18.1 Å². The molecule has 0 fully saturated rings. The molecular weight excluding hydrogens is 225 g/mol. The molecule has 3 nitrogen and oxygen atoms in total. The third-order valence-corrected chi connectivity index (χ3v) is 4.53. The molecule has 0 atom stereocenters. The van der Waals surface area contributed by atoms with E-state index in [0.717, 1.165) is 19.4 Å². The quantitative estimate of drug-likeness (QED) is 0.780. The summed E-state index contributed by atoms with van der Waals surface area (Å²) in [5.74, 6) is 0.0491. The second-order valence-electron chi connectivity index (χ2n) is 3.67. The SMILES string of the molecule is CCC(CC)(CNc1cc(F)ncn1)SC. The van der Waals surface area contributed by atoms with E-state index in [0.29, 0.717) is 5.82 Å². The number of hydrogen-bond acceptors (Lipinski definition) is 4. The Bertz CT molecular complexity index is 320. The minimum absolute atomic E-state index is 0.196. The fourth-order valence-corrected chi connectivity index (χ4v) is 2.34. The van der Waals surface area contributed by atoms with Crippen LogP contribution in [0.5, 0.6) is 0 Å². The van der Waals surface area contributed by atoms with E-state index in [1.807, 2.05) is 11.8 Å². The number of rotatable bonds is 6. The smallest absolute Gasteiger partial charge is 0.217 e. The van der Waals surface area contributed by atoms with Gasteiger partial charge in [0.15, 0.2) is 0 Å². The second-order valence-corrected chi connectivity index (χ2v) is 4.95. The van der Waals surface area contributed by atoms with Crippen LogP contribution < -0.4 is 5.32 Å². The molecule has 0 aliphatic rings. The normalized spacial score (nSPS) is 11.5. The van der Waals surface area contributed by atoms with E-state index in [2.05, 4.69) is 35.4 Å². The summed E-state index contributed by atoms with van der Waals surface area (Å²) in [5.41, 5.74) is 0. The molecule has 1 heterocycles. The summed E-state index contributed by atoms with van der Waals surface area (Å²) in [6.45, 7) is 5.13. The summed E-state index contributed by atoms with van der Waals surface area (Å²) in [6, 6.07) is 1.32. The number of nitrogens with one attached hydrogen (secondary N) is 1. The van der Waals surface area contributed by atoms with Gasteiger partial charge in [0.05, 0.1) is 0 Å². The third kappa shape index (κ3) is 3.33. The number of hydrogen-bond donors (Lipinski definition) is 1. The highest BCUT2D eigenvalue weighted by molar-refractivity contribution is 8.00. The number of aromatic nitrogens is 2. The molecule has 1 N–H and O–H groups in total. The Balaban J connectivity index is 2.62. The highest BCUT2D eigenvalue weighted by Gasteiger charge is 2.24. The van der Waals surface area contributed by atoms with Gasteiger partial charge in [-0.05, 0) is 19.1 Å². The lowest BCUT2D eigenvalue weighted by atomic mass is 10.0. The minimum Gasteiger partial charge on any atom is -0.368 e. The predicted molar refractivity (Wildman–Crippen MR) is 67.3 cm³/mol. The van der Waals surface area contributed by atoms with Crippen LogP contribution in [0.3, 0.4) is 0 Å². The Morgan fingerprint density at radius 3 is 2.56 bits per heavy atom. The lowest BCUT2D eigenvalue weighted by molar-refractivity contribution is 0.568. The number of anilines is 1. The summed E-state index contributed by atoms with van der Waals surface area (Å²) in [6.07, 6.45) is 5.49. The van der Waals surface area contributed by atoms with Gasteiger partial charge in [-0.1, -0.05) is 13.8 Å². The lowest BCUT2D eigenvalue weighted by Gasteiger charge is -2.29. The fourth-order valence-electron chi connectivity index (χ4n) is 1.54. The van der Waals surface area contributed by atoms with Gasteiger partial charge in [0, 0.05) is 17.4 Å². The van der Waals surface area contributed by atoms with Crippen LogP contribution >= 0.6 is 11.8 Å². The van der Waals surface area contributed by atoms with Crippen LogP contribution in [0.1, 0.15) is 26.7 Å². The predicted octanol–water partition coefficient (Wildman–Crippen LogP) is 2.95. The standard InChI is InChI=1S/C11H18FN3S/c1-4-11(5-2,16-3)7-13-10-6-9(12)14-8-15-10/h6,8H,4-5,7H2,1-3H3,(H,13,14,15). The Morgan fingerprint density at radius 1 is 1.38 bits per heavy atom. The van der Waals surface area contributed by atoms with Gasteiger partial charge in [-0.2, -0.15) is 16.2 Å². The molecule has 90 valence electrons. The molecule has 1 rings (SSSR count). The largest absolute Gasteiger partial charge is 0.368 e. The molecule has 0 unspecified atom stereocenters. The van der Waals surface area contributed by atoms with Crippen molar-refractivity contribution >= 4 is 17.6 Å². The summed E-state index contributed by atoms with van der Waals surface area (Å²) in [7, 11) is 0. The molecular formula is C11H18FN3S. The molecule has 0 saturated carbocycles. The molecule has 0 spiro atoms. The zero-order valence-corrected chi connectivity index (χ0v) is 10.8. The molecule has 0 aromatic carbocycles. The van der Waals surface area contributed by atoms with Crippen molar-refractivity contribution in [2.45, 2.75) is 31.4 Å². The van der Waals surface area contributed by atoms with E-state index in [4.69, 9.17) is 0 Å².